The second-order valence-electron chi connectivity index (χ2n) is 4.83. The molecule has 0 heterocycles. The first-order valence-electron chi connectivity index (χ1n) is 6.17. The Balaban J connectivity index is 2.60. The van der Waals surface area contributed by atoms with Crippen LogP contribution in [0.3, 0.4) is 0 Å². The Morgan fingerprint density at radius 3 is 2.11 bits per heavy atom. The van der Waals surface area contributed by atoms with E-state index in [9.17, 15) is 4.79 Å². The lowest BCUT2D eigenvalue weighted by Gasteiger charge is -2.30. The molecule has 0 bridgehead atoms. The number of hydrogen-bond donors (Lipinski definition) is 0. The Morgan fingerprint density at radius 2 is 1.61 bits per heavy atom. The number of rotatable bonds is 6. The van der Waals surface area contributed by atoms with Crippen molar-refractivity contribution in [2.75, 3.05) is 41.3 Å². The summed E-state index contributed by atoms with van der Waals surface area (Å²) in [5.41, 5.74) is 1.05. The molecule has 0 atom stereocenters. The predicted molar refractivity (Wildman–Crippen MR) is 74.1 cm³/mol. The lowest BCUT2D eigenvalue weighted by Crippen LogP contribution is -2.45. The van der Waals surface area contributed by atoms with Crippen LogP contribution in [0.2, 0.25) is 0 Å². The number of benzene rings is 1. The van der Waals surface area contributed by atoms with Crippen LogP contribution < -0.4 is 0 Å². The third kappa shape index (κ3) is 4.85. The van der Waals surface area contributed by atoms with Crippen molar-refractivity contribution in [3.63, 3.8) is 0 Å². The molecular weight excluding hydrogens is 226 g/mol. The Hall–Kier alpha value is -1.39. The molecule has 0 aliphatic carbocycles. The van der Waals surface area contributed by atoms with E-state index in [-0.39, 0.29) is 5.91 Å². The number of carbonyl (C=O) groups is 1. The SMILES string of the molecule is CN(C)CCN(C(=O)Cc1ccccc1)N(C)C. The normalized spacial score (nSPS) is 11.0. The van der Waals surface area contributed by atoms with Gasteiger partial charge in [0.05, 0.1) is 13.0 Å². The van der Waals surface area contributed by atoms with Gasteiger partial charge in [-0.1, -0.05) is 30.3 Å². The van der Waals surface area contributed by atoms with Crippen LogP contribution in [0.1, 0.15) is 5.56 Å². The summed E-state index contributed by atoms with van der Waals surface area (Å²) in [6.45, 7) is 1.57. The van der Waals surface area contributed by atoms with E-state index in [1.807, 2.05) is 63.5 Å². The molecule has 0 spiro atoms. The first-order valence-corrected chi connectivity index (χ1v) is 6.17. The maximum Gasteiger partial charge on any atom is 0.241 e. The van der Waals surface area contributed by atoms with Gasteiger partial charge in [0.15, 0.2) is 0 Å². The molecule has 18 heavy (non-hydrogen) atoms. The van der Waals surface area contributed by atoms with Gasteiger partial charge in [-0.2, -0.15) is 0 Å². The van der Waals surface area contributed by atoms with Gasteiger partial charge in [0.25, 0.3) is 0 Å². The second kappa shape index (κ2) is 7.13. The third-order valence-electron chi connectivity index (χ3n) is 2.73. The van der Waals surface area contributed by atoms with Gasteiger partial charge in [-0.3, -0.25) is 9.80 Å². The van der Waals surface area contributed by atoms with E-state index in [0.717, 1.165) is 12.1 Å². The maximum atomic E-state index is 12.2. The Bertz CT molecular complexity index is 363. The molecule has 1 amide bonds. The summed E-state index contributed by atoms with van der Waals surface area (Å²) in [4.78, 5) is 14.3. The fourth-order valence-corrected chi connectivity index (χ4v) is 1.70. The Labute approximate surface area is 110 Å². The zero-order chi connectivity index (χ0) is 13.5. The molecule has 4 heteroatoms. The van der Waals surface area contributed by atoms with Crippen LogP contribution in [0, 0.1) is 0 Å². The highest BCUT2D eigenvalue weighted by molar-refractivity contribution is 5.78. The number of hydrogen-bond acceptors (Lipinski definition) is 3. The zero-order valence-corrected chi connectivity index (χ0v) is 11.8. The standard InChI is InChI=1S/C14H23N3O/c1-15(2)10-11-17(16(3)4)14(18)12-13-8-6-5-7-9-13/h5-9H,10-12H2,1-4H3. The van der Waals surface area contributed by atoms with Crippen LogP contribution in [0.4, 0.5) is 0 Å². The molecule has 0 fully saturated rings. The Kier molecular flexibility index (Phi) is 5.82. The van der Waals surface area contributed by atoms with Crippen molar-refractivity contribution in [1.29, 1.82) is 0 Å². The van der Waals surface area contributed by atoms with Gasteiger partial charge >= 0.3 is 0 Å². The summed E-state index contributed by atoms with van der Waals surface area (Å²) in [5, 5.41) is 3.64. The average Bonchev–Trinajstić information content (AvgIpc) is 2.29. The average molecular weight is 249 g/mol. The molecule has 1 aromatic carbocycles. The van der Waals surface area contributed by atoms with Crippen LogP contribution in [-0.4, -0.2) is 62.1 Å². The molecule has 0 aliphatic heterocycles. The topological polar surface area (TPSA) is 26.8 Å². The molecule has 0 saturated carbocycles. The fourth-order valence-electron chi connectivity index (χ4n) is 1.70. The van der Waals surface area contributed by atoms with Gasteiger partial charge < -0.3 is 4.90 Å². The second-order valence-corrected chi connectivity index (χ2v) is 4.83. The zero-order valence-electron chi connectivity index (χ0n) is 11.8. The van der Waals surface area contributed by atoms with E-state index in [1.54, 1.807) is 5.01 Å². The minimum absolute atomic E-state index is 0.132. The van der Waals surface area contributed by atoms with Crippen molar-refractivity contribution >= 4 is 5.91 Å². The largest absolute Gasteiger partial charge is 0.308 e. The van der Waals surface area contributed by atoms with Crippen LogP contribution in [-0.2, 0) is 11.2 Å². The number of likely N-dealkylation sites (N-methyl/N-ethyl adjacent to an activating group) is 1. The fraction of sp³-hybridized carbons (Fsp3) is 0.500. The van der Waals surface area contributed by atoms with Crippen molar-refractivity contribution in [1.82, 2.24) is 14.9 Å². The molecule has 4 nitrogen and oxygen atoms in total. The van der Waals surface area contributed by atoms with Gasteiger partial charge in [-0.05, 0) is 19.7 Å². The lowest BCUT2D eigenvalue weighted by atomic mass is 10.1. The molecule has 1 rings (SSSR count). The summed E-state index contributed by atoms with van der Waals surface area (Å²) in [7, 11) is 7.82. The number of nitrogens with zero attached hydrogens (tertiary/aromatic N) is 3. The third-order valence-corrected chi connectivity index (χ3v) is 2.73. The predicted octanol–water partition coefficient (Wildman–Crippen LogP) is 1.10. The van der Waals surface area contributed by atoms with Crippen molar-refractivity contribution in [3.05, 3.63) is 35.9 Å². The first-order chi connectivity index (χ1) is 8.50. The monoisotopic (exact) mass is 249 g/mol. The van der Waals surface area contributed by atoms with Gasteiger partial charge in [0, 0.05) is 20.6 Å². The summed E-state index contributed by atoms with van der Waals surface area (Å²) < 4.78 is 0. The van der Waals surface area contributed by atoms with E-state index in [1.165, 1.54) is 0 Å². The summed E-state index contributed by atoms with van der Waals surface area (Å²) in [5.74, 6) is 0.132. The molecule has 0 saturated heterocycles. The van der Waals surface area contributed by atoms with Crippen molar-refractivity contribution in [2.24, 2.45) is 0 Å². The van der Waals surface area contributed by atoms with Crippen LogP contribution in [0.15, 0.2) is 30.3 Å². The summed E-state index contributed by atoms with van der Waals surface area (Å²) >= 11 is 0. The minimum atomic E-state index is 0.132. The first kappa shape index (κ1) is 14.7. The number of carbonyl (C=O) groups excluding carboxylic acids is 1. The molecule has 0 radical (unpaired) electrons. The maximum absolute atomic E-state index is 12.2. The van der Waals surface area contributed by atoms with Crippen molar-refractivity contribution in [3.8, 4) is 0 Å². The molecule has 0 aliphatic rings. The highest BCUT2D eigenvalue weighted by Crippen LogP contribution is 2.04. The van der Waals surface area contributed by atoms with Crippen LogP contribution in [0.5, 0.6) is 0 Å². The van der Waals surface area contributed by atoms with E-state index in [2.05, 4.69) is 4.90 Å². The van der Waals surface area contributed by atoms with E-state index < -0.39 is 0 Å². The molecule has 100 valence electrons. The molecule has 0 aromatic heterocycles. The molecule has 0 N–H and O–H groups in total. The molecule has 1 aromatic rings. The number of amides is 1. The Morgan fingerprint density at radius 1 is 1.00 bits per heavy atom. The van der Waals surface area contributed by atoms with E-state index in [0.29, 0.717) is 13.0 Å². The minimum Gasteiger partial charge on any atom is -0.308 e. The lowest BCUT2D eigenvalue weighted by molar-refractivity contribution is -0.144. The quantitative estimate of drug-likeness (QED) is 0.706. The van der Waals surface area contributed by atoms with Crippen LogP contribution >= 0.6 is 0 Å². The van der Waals surface area contributed by atoms with Crippen molar-refractivity contribution < 1.29 is 4.79 Å². The van der Waals surface area contributed by atoms with Gasteiger partial charge in [0.1, 0.15) is 0 Å². The van der Waals surface area contributed by atoms with E-state index in [4.69, 9.17) is 0 Å². The molecular formula is C14H23N3O. The smallest absolute Gasteiger partial charge is 0.241 e. The van der Waals surface area contributed by atoms with Crippen molar-refractivity contribution in [2.45, 2.75) is 6.42 Å². The summed E-state index contributed by atoms with van der Waals surface area (Å²) in [6.07, 6.45) is 0.451. The van der Waals surface area contributed by atoms with Crippen LogP contribution in [0.25, 0.3) is 0 Å². The summed E-state index contributed by atoms with van der Waals surface area (Å²) in [6, 6.07) is 9.85. The number of hydrazine groups is 1. The van der Waals surface area contributed by atoms with E-state index >= 15 is 0 Å². The molecule has 0 unspecified atom stereocenters. The van der Waals surface area contributed by atoms with Gasteiger partial charge in [-0.25, -0.2) is 5.01 Å². The van der Waals surface area contributed by atoms with Gasteiger partial charge in [-0.15, -0.1) is 0 Å². The van der Waals surface area contributed by atoms with Gasteiger partial charge in [0.2, 0.25) is 5.91 Å². The highest BCUT2D eigenvalue weighted by Gasteiger charge is 2.15. The highest BCUT2D eigenvalue weighted by atomic mass is 16.2.